The van der Waals surface area contributed by atoms with Crippen LogP contribution in [0.1, 0.15) is 43.2 Å². The second-order valence-electron chi connectivity index (χ2n) is 5.59. The van der Waals surface area contributed by atoms with Gasteiger partial charge in [0.1, 0.15) is 5.56 Å². The Labute approximate surface area is 120 Å². The number of aliphatic hydroxyl groups is 1. The van der Waals surface area contributed by atoms with Gasteiger partial charge in [0.15, 0.2) is 0 Å². The second kappa shape index (κ2) is 7.40. The zero-order valence-corrected chi connectivity index (χ0v) is 12.8. The Bertz CT molecular complexity index is 441. The molecule has 1 heterocycles. The highest BCUT2D eigenvalue weighted by atomic mass is 16.5. The van der Waals surface area contributed by atoms with Gasteiger partial charge in [-0.2, -0.15) is 5.10 Å². The number of nitrogens with zero attached hydrogens (tertiary/aromatic N) is 2. The van der Waals surface area contributed by atoms with Gasteiger partial charge in [-0.25, -0.2) is 4.79 Å². The topological polar surface area (TPSA) is 76.4 Å². The Morgan fingerprint density at radius 2 is 2.25 bits per heavy atom. The molecular weight excluding hydrogens is 258 g/mol. The number of nitrogens with one attached hydrogen (secondary N) is 1. The van der Waals surface area contributed by atoms with Gasteiger partial charge >= 0.3 is 5.97 Å². The van der Waals surface area contributed by atoms with Gasteiger partial charge in [-0.05, 0) is 18.8 Å². The summed E-state index contributed by atoms with van der Waals surface area (Å²) in [4.78, 5) is 11.8. The van der Waals surface area contributed by atoms with Crippen LogP contribution < -0.4 is 5.32 Å². The Morgan fingerprint density at radius 3 is 2.85 bits per heavy atom. The molecule has 0 unspecified atom stereocenters. The molecule has 20 heavy (non-hydrogen) atoms. The molecule has 6 heteroatoms. The molecule has 1 rings (SSSR count). The summed E-state index contributed by atoms with van der Waals surface area (Å²) in [6.07, 6.45) is 2.27. The smallest absolute Gasteiger partial charge is 0.341 e. The first-order valence-corrected chi connectivity index (χ1v) is 6.91. The molecule has 0 saturated carbocycles. The average molecular weight is 283 g/mol. The van der Waals surface area contributed by atoms with E-state index in [2.05, 4.69) is 24.3 Å². The molecule has 2 N–H and O–H groups in total. The number of esters is 1. The van der Waals surface area contributed by atoms with Crippen molar-refractivity contribution >= 4 is 5.97 Å². The molecule has 114 valence electrons. The Balaban J connectivity index is 2.64. The largest absolute Gasteiger partial charge is 0.462 e. The van der Waals surface area contributed by atoms with Crippen molar-refractivity contribution in [2.45, 2.75) is 33.7 Å². The molecule has 0 aliphatic carbocycles. The first-order chi connectivity index (χ1) is 9.41. The summed E-state index contributed by atoms with van der Waals surface area (Å²) in [5, 5.41) is 16.4. The van der Waals surface area contributed by atoms with Crippen molar-refractivity contribution < 1.29 is 14.6 Å². The van der Waals surface area contributed by atoms with E-state index in [4.69, 9.17) is 9.84 Å². The molecule has 1 aromatic heterocycles. The van der Waals surface area contributed by atoms with Gasteiger partial charge in [-0.1, -0.05) is 13.8 Å². The molecule has 1 aromatic rings. The summed E-state index contributed by atoms with van der Waals surface area (Å²) in [5.41, 5.74) is 1.32. The number of hydrogen-bond donors (Lipinski definition) is 2. The lowest BCUT2D eigenvalue weighted by molar-refractivity contribution is 0.0524. The van der Waals surface area contributed by atoms with Gasteiger partial charge in [0.25, 0.3) is 0 Å². The van der Waals surface area contributed by atoms with Crippen LogP contribution in [-0.4, -0.2) is 40.6 Å². The van der Waals surface area contributed by atoms with E-state index < -0.39 is 0 Å². The summed E-state index contributed by atoms with van der Waals surface area (Å²) in [6.45, 7) is 7.78. The van der Waals surface area contributed by atoms with Gasteiger partial charge in [0, 0.05) is 26.7 Å². The lowest BCUT2D eigenvalue weighted by Crippen LogP contribution is -2.31. The molecule has 0 spiro atoms. The lowest BCUT2D eigenvalue weighted by atomic mass is 9.90. The van der Waals surface area contributed by atoms with Gasteiger partial charge in [-0.3, -0.25) is 4.68 Å². The molecule has 6 nitrogen and oxygen atoms in total. The molecule has 0 aromatic carbocycles. The molecule has 0 radical (unpaired) electrons. The summed E-state index contributed by atoms with van der Waals surface area (Å²) in [5.74, 6) is -0.341. The molecule has 0 fully saturated rings. The minimum Gasteiger partial charge on any atom is -0.462 e. The maximum Gasteiger partial charge on any atom is 0.341 e. The van der Waals surface area contributed by atoms with E-state index in [9.17, 15) is 4.79 Å². The number of aryl methyl sites for hydroxylation is 1. The second-order valence-corrected chi connectivity index (χ2v) is 5.59. The van der Waals surface area contributed by atoms with Crippen molar-refractivity contribution in [3.8, 4) is 0 Å². The number of rotatable bonds is 8. The Kier molecular flexibility index (Phi) is 6.16. The van der Waals surface area contributed by atoms with Crippen LogP contribution in [-0.2, 0) is 18.3 Å². The van der Waals surface area contributed by atoms with E-state index in [0.717, 1.165) is 18.7 Å². The Morgan fingerprint density at radius 1 is 1.55 bits per heavy atom. The van der Waals surface area contributed by atoms with Crippen molar-refractivity contribution in [1.29, 1.82) is 0 Å². The van der Waals surface area contributed by atoms with Crippen molar-refractivity contribution in [2.24, 2.45) is 12.5 Å². The standard InChI is InChI=1S/C14H25N3O3/c1-5-20-13(19)11-8-16-17(4)12(11)9-15-10-14(2,3)6-7-18/h8,15,18H,5-7,9-10H2,1-4H3. The summed E-state index contributed by atoms with van der Waals surface area (Å²) in [6, 6.07) is 0. The van der Waals surface area contributed by atoms with E-state index in [0.29, 0.717) is 18.7 Å². The first-order valence-electron chi connectivity index (χ1n) is 6.91. The maximum atomic E-state index is 11.8. The van der Waals surface area contributed by atoms with Gasteiger partial charge in [0.2, 0.25) is 0 Å². The molecule has 0 saturated heterocycles. The fourth-order valence-corrected chi connectivity index (χ4v) is 1.96. The molecular formula is C14H25N3O3. The number of aliphatic hydroxyl groups excluding tert-OH is 1. The molecule has 0 atom stereocenters. The molecule has 0 bridgehead atoms. The monoisotopic (exact) mass is 283 g/mol. The minimum absolute atomic E-state index is 0.0113. The zero-order chi connectivity index (χ0) is 15.2. The third-order valence-electron chi connectivity index (χ3n) is 3.24. The summed E-state index contributed by atoms with van der Waals surface area (Å²) >= 11 is 0. The van der Waals surface area contributed by atoms with Crippen LogP contribution in [0.5, 0.6) is 0 Å². The number of carbonyl (C=O) groups is 1. The van der Waals surface area contributed by atoms with Crippen molar-refractivity contribution in [1.82, 2.24) is 15.1 Å². The van der Waals surface area contributed by atoms with E-state index >= 15 is 0 Å². The van der Waals surface area contributed by atoms with Gasteiger partial charge in [0.05, 0.1) is 18.5 Å². The van der Waals surface area contributed by atoms with Crippen molar-refractivity contribution in [3.63, 3.8) is 0 Å². The fraction of sp³-hybridized carbons (Fsp3) is 0.714. The van der Waals surface area contributed by atoms with Crippen molar-refractivity contribution in [2.75, 3.05) is 19.8 Å². The van der Waals surface area contributed by atoms with Gasteiger partial charge < -0.3 is 15.2 Å². The van der Waals surface area contributed by atoms with E-state index in [1.54, 1.807) is 18.7 Å². The average Bonchev–Trinajstić information content (AvgIpc) is 2.71. The third-order valence-corrected chi connectivity index (χ3v) is 3.24. The quantitative estimate of drug-likeness (QED) is 0.699. The van der Waals surface area contributed by atoms with E-state index in [-0.39, 0.29) is 18.0 Å². The van der Waals surface area contributed by atoms with Crippen molar-refractivity contribution in [3.05, 3.63) is 17.5 Å². The first kappa shape index (κ1) is 16.7. The molecule has 0 aliphatic heterocycles. The minimum atomic E-state index is -0.341. The van der Waals surface area contributed by atoms with Crippen LogP contribution in [0.4, 0.5) is 0 Å². The van der Waals surface area contributed by atoms with Crippen LogP contribution in [0, 0.1) is 5.41 Å². The maximum absolute atomic E-state index is 11.8. The summed E-state index contributed by atoms with van der Waals surface area (Å²) in [7, 11) is 1.80. The summed E-state index contributed by atoms with van der Waals surface area (Å²) < 4.78 is 6.69. The highest BCUT2D eigenvalue weighted by Crippen LogP contribution is 2.18. The Hall–Kier alpha value is -1.40. The highest BCUT2D eigenvalue weighted by Gasteiger charge is 2.19. The van der Waals surface area contributed by atoms with Crippen LogP contribution >= 0.6 is 0 Å². The van der Waals surface area contributed by atoms with E-state index in [1.807, 2.05) is 0 Å². The zero-order valence-electron chi connectivity index (χ0n) is 12.8. The van der Waals surface area contributed by atoms with Crippen LogP contribution in [0.3, 0.4) is 0 Å². The number of carbonyl (C=O) groups excluding carboxylic acids is 1. The van der Waals surface area contributed by atoms with E-state index in [1.165, 1.54) is 6.20 Å². The predicted octanol–water partition coefficient (Wildman–Crippen LogP) is 1.09. The van der Waals surface area contributed by atoms with Gasteiger partial charge in [-0.15, -0.1) is 0 Å². The lowest BCUT2D eigenvalue weighted by Gasteiger charge is -2.24. The number of hydrogen-bond acceptors (Lipinski definition) is 5. The van der Waals surface area contributed by atoms with Crippen LogP contribution in [0.15, 0.2) is 6.20 Å². The predicted molar refractivity (Wildman–Crippen MR) is 76.4 cm³/mol. The highest BCUT2D eigenvalue weighted by molar-refractivity contribution is 5.90. The van der Waals surface area contributed by atoms with Crippen LogP contribution in [0.2, 0.25) is 0 Å². The van der Waals surface area contributed by atoms with Crippen LogP contribution in [0.25, 0.3) is 0 Å². The molecule has 0 amide bonds. The number of ether oxygens (including phenoxy) is 1. The molecule has 0 aliphatic rings. The fourth-order valence-electron chi connectivity index (χ4n) is 1.96. The SMILES string of the molecule is CCOC(=O)c1cnn(C)c1CNCC(C)(C)CCO. The third kappa shape index (κ3) is 4.61. The number of aromatic nitrogens is 2. The normalized spacial score (nSPS) is 11.7.